The molecule has 4 aromatic rings. The normalized spacial score (nSPS) is 11.0. The van der Waals surface area contributed by atoms with Gasteiger partial charge in [0.25, 0.3) is 10.0 Å². The maximum absolute atomic E-state index is 13.2. The number of halogens is 2. The largest absolute Gasteiger partial charge is 0.323 e. The fourth-order valence-electron chi connectivity index (χ4n) is 3.18. The first-order chi connectivity index (χ1) is 16.3. The summed E-state index contributed by atoms with van der Waals surface area (Å²) in [5.74, 6) is -0.376. The van der Waals surface area contributed by atoms with Crippen LogP contribution in [0.5, 0.6) is 0 Å². The number of hydrogen-bond acceptors (Lipinski definition) is 3. The Hall–Kier alpha value is -3.88. The molecular weight excluding hydrogens is 477 g/mol. The molecule has 0 heterocycles. The molecule has 0 aliphatic heterocycles. The molecule has 0 aromatic heterocycles. The first kappa shape index (κ1) is 23.3. The first-order valence-corrected chi connectivity index (χ1v) is 12.0. The van der Waals surface area contributed by atoms with Crippen molar-refractivity contribution in [2.45, 2.75) is 4.90 Å². The average molecular weight is 496 g/mol. The second-order valence-electron chi connectivity index (χ2n) is 7.28. The fraction of sp³-hybridized carbons (Fsp3) is 0. The van der Waals surface area contributed by atoms with Crippen molar-refractivity contribution in [1.29, 1.82) is 0 Å². The van der Waals surface area contributed by atoms with E-state index in [1.165, 1.54) is 42.5 Å². The number of benzene rings is 4. The van der Waals surface area contributed by atoms with Crippen LogP contribution in [0.2, 0.25) is 5.02 Å². The monoisotopic (exact) mass is 495 g/mol. The van der Waals surface area contributed by atoms with Crippen LogP contribution in [0, 0.1) is 5.82 Å². The van der Waals surface area contributed by atoms with Crippen molar-refractivity contribution < 1.29 is 17.6 Å². The third kappa shape index (κ3) is 5.72. The Morgan fingerprint density at radius 1 is 0.735 bits per heavy atom. The van der Waals surface area contributed by atoms with E-state index in [0.29, 0.717) is 22.5 Å². The molecule has 0 aliphatic rings. The highest BCUT2D eigenvalue weighted by molar-refractivity contribution is 7.92. The number of anilines is 3. The summed E-state index contributed by atoms with van der Waals surface area (Å²) in [6.07, 6.45) is 0. The van der Waals surface area contributed by atoms with E-state index in [1.54, 1.807) is 48.5 Å². The molecule has 0 spiro atoms. The zero-order valence-corrected chi connectivity index (χ0v) is 19.2. The predicted molar refractivity (Wildman–Crippen MR) is 133 cm³/mol. The van der Waals surface area contributed by atoms with Gasteiger partial charge in [-0.25, -0.2) is 17.6 Å². The van der Waals surface area contributed by atoms with Crippen molar-refractivity contribution in [1.82, 2.24) is 0 Å². The number of urea groups is 1. The number of rotatable bonds is 6. The average Bonchev–Trinajstić information content (AvgIpc) is 2.82. The smallest absolute Gasteiger partial charge is 0.308 e. The Morgan fingerprint density at radius 2 is 1.44 bits per heavy atom. The highest BCUT2D eigenvalue weighted by atomic mass is 35.5. The van der Waals surface area contributed by atoms with Gasteiger partial charge in [-0.15, -0.1) is 0 Å². The molecular formula is C25H19ClFN3O3S. The molecule has 4 rings (SSSR count). The third-order valence-electron chi connectivity index (χ3n) is 4.82. The van der Waals surface area contributed by atoms with Gasteiger partial charge in [-0.2, -0.15) is 0 Å². The van der Waals surface area contributed by atoms with Gasteiger partial charge in [0, 0.05) is 11.4 Å². The highest BCUT2D eigenvalue weighted by Crippen LogP contribution is 2.29. The maximum Gasteiger partial charge on any atom is 0.323 e. The van der Waals surface area contributed by atoms with Crippen LogP contribution in [0.25, 0.3) is 11.1 Å². The molecule has 0 aliphatic carbocycles. The summed E-state index contributed by atoms with van der Waals surface area (Å²) < 4.78 is 41.6. The van der Waals surface area contributed by atoms with Crippen LogP contribution in [-0.2, 0) is 10.0 Å². The van der Waals surface area contributed by atoms with Crippen molar-refractivity contribution in [2.75, 3.05) is 15.4 Å². The molecule has 4 aromatic carbocycles. The molecule has 6 nitrogen and oxygen atoms in total. The van der Waals surface area contributed by atoms with Crippen LogP contribution in [0.15, 0.2) is 102 Å². The summed E-state index contributed by atoms with van der Waals surface area (Å²) in [6, 6.07) is 24.9. The Bertz CT molecular complexity index is 1430. The molecule has 0 saturated carbocycles. The minimum Gasteiger partial charge on any atom is -0.308 e. The molecule has 0 unspecified atom stereocenters. The summed E-state index contributed by atoms with van der Waals surface area (Å²) >= 11 is 6.27. The molecule has 3 N–H and O–H groups in total. The van der Waals surface area contributed by atoms with E-state index >= 15 is 0 Å². The van der Waals surface area contributed by atoms with Gasteiger partial charge in [0.1, 0.15) is 5.82 Å². The molecule has 0 atom stereocenters. The number of sulfonamides is 1. The van der Waals surface area contributed by atoms with Gasteiger partial charge in [0.15, 0.2) is 0 Å². The molecule has 0 bridgehead atoms. The van der Waals surface area contributed by atoms with Crippen molar-refractivity contribution in [3.05, 3.63) is 108 Å². The van der Waals surface area contributed by atoms with Crippen LogP contribution in [-0.4, -0.2) is 14.4 Å². The lowest BCUT2D eigenvalue weighted by Crippen LogP contribution is -2.19. The topological polar surface area (TPSA) is 87.3 Å². The predicted octanol–water partition coefficient (Wildman–Crippen LogP) is 6.59. The first-order valence-electron chi connectivity index (χ1n) is 10.1. The van der Waals surface area contributed by atoms with Crippen LogP contribution in [0.1, 0.15) is 0 Å². The quantitative estimate of drug-likeness (QED) is 0.282. The van der Waals surface area contributed by atoms with Crippen molar-refractivity contribution in [3.63, 3.8) is 0 Å². The SMILES string of the molecule is O=C(Nc1ccccc1)Nc1ccc(NS(=O)(=O)c2cccc(-c3ccc(F)cc3)c2)c(Cl)c1. The van der Waals surface area contributed by atoms with E-state index in [0.717, 1.165) is 0 Å². The van der Waals surface area contributed by atoms with E-state index in [9.17, 15) is 17.6 Å². The third-order valence-corrected chi connectivity index (χ3v) is 6.50. The summed E-state index contributed by atoms with van der Waals surface area (Å²) in [6.45, 7) is 0. The maximum atomic E-state index is 13.2. The van der Waals surface area contributed by atoms with Crippen LogP contribution in [0.3, 0.4) is 0 Å². The van der Waals surface area contributed by atoms with E-state index in [1.807, 2.05) is 6.07 Å². The van der Waals surface area contributed by atoms with E-state index < -0.39 is 16.1 Å². The van der Waals surface area contributed by atoms with Gasteiger partial charge in [-0.3, -0.25) is 4.72 Å². The molecule has 34 heavy (non-hydrogen) atoms. The molecule has 0 fully saturated rings. The van der Waals surface area contributed by atoms with Crippen molar-refractivity contribution >= 4 is 44.7 Å². The van der Waals surface area contributed by atoms with Crippen molar-refractivity contribution in [2.24, 2.45) is 0 Å². The number of hydrogen-bond donors (Lipinski definition) is 3. The van der Waals surface area contributed by atoms with Gasteiger partial charge in [-0.1, -0.05) is 54.1 Å². The Kier molecular flexibility index (Phi) is 6.81. The van der Waals surface area contributed by atoms with Gasteiger partial charge in [0.05, 0.1) is 15.6 Å². The second-order valence-corrected chi connectivity index (χ2v) is 9.37. The minimum atomic E-state index is -3.96. The summed E-state index contributed by atoms with van der Waals surface area (Å²) in [4.78, 5) is 12.2. The Balaban J connectivity index is 1.48. The van der Waals surface area contributed by atoms with Crippen LogP contribution < -0.4 is 15.4 Å². The fourth-order valence-corrected chi connectivity index (χ4v) is 4.59. The lowest BCUT2D eigenvalue weighted by atomic mass is 10.1. The van der Waals surface area contributed by atoms with E-state index in [4.69, 9.17) is 11.6 Å². The summed E-state index contributed by atoms with van der Waals surface area (Å²) in [7, 11) is -3.96. The summed E-state index contributed by atoms with van der Waals surface area (Å²) in [5.41, 5.74) is 2.47. The number of carbonyl (C=O) groups excluding carboxylic acids is 1. The number of para-hydroxylation sites is 1. The van der Waals surface area contributed by atoms with Crippen LogP contribution >= 0.6 is 11.6 Å². The van der Waals surface area contributed by atoms with Crippen molar-refractivity contribution in [3.8, 4) is 11.1 Å². The van der Waals surface area contributed by atoms with Gasteiger partial charge in [-0.05, 0) is 65.7 Å². The molecule has 9 heteroatoms. The van der Waals surface area contributed by atoms with Gasteiger partial charge < -0.3 is 10.6 Å². The minimum absolute atomic E-state index is 0.0230. The number of amides is 2. The highest BCUT2D eigenvalue weighted by Gasteiger charge is 2.17. The lowest BCUT2D eigenvalue weighted by Gasteiger charge is -2.13. The Morgan fingerprint density at radius 3 is 2.15 bits per heavy atom. The van der Waals surface area contributed by atoms with E-state index in [2.05, 4.69) is 15.4 Å². The summed E-state index contributed by atoms with van der Waals surface area (Å²) in [5, 5.41) is 5.43. The molecule has 172 valence electrons. The molecule has 2 amide bonds. The number of carbonyl (C=O) groups is 1. The van der Waals surface area contributed by atoms with Gasteiger partial charge in [0.2, 0.25) is 0 Å². The number of nitrogens with one attached hydrogen (secondary N) is 3. The van der Waals surface area contributed by atoms with Crippen LogP contribution in [0.4, 0.5) is 26.2 Å². The van der Waals surface area contributed by atoms with Gasteiger partial charge >= 0.3 is 6.03 Å². The molecule has 0 radical (unpaired) electrons. The zero-order chi connectivity index (χ0) is 24.1. The Labute approximate surface area is 201 Å². The second kappa shape index (κ2) is 9.94. The standard InChI is InChI=1S/C25H19ClFN3O3S/c26-23-16-21(29-25(31)28-20-6-2-1-3-7-20)13-14-24(23)30-34(32,33)22-8-4-5-18(15-22)17-9-11-19(27)12-10-17/h1-16,30H,(H2,28,29,31). The van der Waals surface area contributed by atoms with E-state index in [-0.39, 0.29) is 21.4 Å². The molecule has 0 saturated heterocycles. The zero-order valence-electron chi connectivity index (χ0n) is 17.6. The lowest BCUT2D eigenvalue weighted by molar-refractivity contribution is 0.262.